The van der Waals surface area contributed by atoms with Crippen molar-refractivity contribution in [3.63, 3.8) is 0 Å². The Morgan fingerprint density at radius 3 is 2.36 bits per heavy atom. The van der Waals surface area contributed by atoms with Crippen LogP contribution in [0.2, 0.25) is 0 Å². The molecule has 144 valence electrons. The lowest BCUT2D eigenvalue weighted by atomic mass is 10.1. The minimum atomic E-state index is -0.834. The van der Waals surface area contributed by atoms with Gasteiger partial charge in [-0.05, 0) is 41.5 Å². The highest BCUT2D eigenvalue weighted by atomic mass is 16.5. The summed E-state index contributed by atoms with van der Waals surface area (Å²) in [4.78, 5) is 14.7. The second-order valence-electron chi connectivity index (χ2n) is 6.64. The lowest BCUT2D eigenvalue weighted by molar-refractivity contribution is 0.103. The number of benzene rings is 2. The Morgan fingerprint density at radius 2 is 1.75 bits per heavy atom. The maximum atomic E-state index is 11.0. The molecule has 0 spiro atoms. The number of hydrogen-bond acceptors (Lipinski definition) is 4. The molecule has 1 aliphatic heterocycles. The summed E-state index contributed by atoms with van der Waals surface area (Å²) in [5, 5.41) is 17.8. The first-order chi connectivity index (χ1) is 13.6. The average Bonchev–Trinajstić information content (AvgIpc) is 2.73. The van der Waals surface area contributed by atoms with Gasteiger partial charge in [0, 0.05) is 32.7 Å². The molecule has 1 aliphatic rings. The highest BCUT2D eigenvalue weighted by molar-refractivity contribution is 5.65. The second-order valence-corrected chi connectivity index (χ2v) is 6.64. The van der Waals surface area contributed by atoms with Crippen LogP contribution in [0.4, 0.5) is 4.79 Å². The summed E-state index contributed by atoms with van der Waals surface area (Å²) >= 11 is 0. The van der Waals surface area contributed by atoms with E-state index < -0.39 is 6.09 Å². The minimum absolute atomic E-state index is 0.460. The Balaban J connectivity index is 1.43. The Hall–Kier alpha value is -3.30. The summed E-state index contributed by atoms with van der Waals surface area (Å²) in [7, 11) is 0. The molecule has 0 unspecified atom stereocenters. The maximum absolute atomic E-state index is 11.0. The van der Waals surface area contributed by atoms with Crippen molar-refractivity contribution in [1.82, 2.24) is 9.80 Å². The molecule has 1 fully saturated rings. The predicted molar refractivity (Wildman–Crippen MR) is 107 cm³/mol. The van der Waals surface area contributed by atoms with Crippen LogP contribution in [0.3, 0.4) is 0 Å². The van der Waals surface area contributed by atoms with Gasteiger partial charge in [0.25, 0.3) is 0 Å². The van der Waals surface area contributed by atoms with Gasteiger partial charge in [-0.3, -0.25) is 4.90 Å². The van der Waals surface area contributed by atoms with Crippen LogP contribution in [-0.2, 0) is 6.54 Å². The molecule has 1 heterocycles. The van der Waals surface area contributed by atoms with Crippen molar-refractivity contribution in [2.24, 2.45) is 0 Å². The molecule has 2 aromatic carbocycles. The smallest absolute Gasteiger partial charge is 0.407 e. The number of nitriles is 1. The monoisotopic (exact) mass is 377 g/mol. The molecule has 1 amide bonds. The van der Waals surface area contributed by atoms with Crippen LogP contribution in [0.5, 0.6) is 5.75 Å². The Bertz CT molecular complexity index is 846. The molecule has 1 saturated heterocycles. The predicted octanol–water partition coefficient (Wildman–Crippen LogP) is 3.45. The van der Waals surface area contributed by atoms with Gasteiger partial charge in [0.1, 0.15) is 12.4 Å². The standard InChI is InChI=1S/C22H23N3O3/c23-16-19-7-9-21(10-8-19)28-15-1-2-18-3-5-20(6-4-18)17-24-11-13-25(14-12-24)22(26)27/h1-10H,11-15,17H2,(H,26,27)/b2-1+. The second kappa shape index (κ2) is 9.58. The van der Waals surface area contributed by atoms with E-state index in [2.05, 4.69) is 35.2 Å². The fourth-order valence-corrected chi connectivity index (χ4v) is 3.04. The molecule has 0 aromatic heterocycles. The molecule has 2 aromatic rings. The largest absolute Gasteiger partial charge is 0.490 e. The maximum Gasteiger partial charge on any atom is 0.407 e. The fourth-order valence-electron chi connectivity index (χ4n) is 3.04. The molecule has 0 radical (unpaired) electrons. The van der Waals surface area contributed by atoms with E-state index in [-0.39, 0.29) is 0 Å². The van der Waals surface area contributed by atoms with E-state index in [4.69, 9.17) is 15.1 Å². The van der Waals surface area contributed by atoms with Gasteiger partial charge in [0.15, 0.2) is 0 Å². The number of ether oxygens (including phenoxy) is 1. The number of amides is 1. The Kier molecular flexibility index (Phi) is 6.66. The average molecular weight is 377 g/mol. The van der Waals surface area contributed by atoms with Gasteiger partial charge in [-0.25, -0.2) is 4.79 Å². The third kappa shape index (κ3) is 5.60. The lowest BCUT2D eigenvalue weighted by Gasteiger charge is -2.33. The summed E-state index contributed by atoms with van der Waals surface area (Å²) in [6, 6.07) is 17.5. The third-order valence-corrected chi connectivity index (χ3v) is 4.67. The first kappa shape index (κ1) is 19.5. The van der Waals surface area contributed by atoms with Crippen molar-refractivity contribution in [2.75, 3.05) is 32.8 Å². The van der Waals surface area contributed by atoms with Gasteiger partial charge in [-0.15, -0.1) is 0 Å². The van der Waals surface area contributed by atoms with E-state index in [1.54, 1.807) is 24.3 Å². The van der Waals surface area contributed by atoms with Crippen molar-refractivity contribution < 1.29 is 14.6 Å². The van der Waals surface area contributed by atoms with Gasteiger partial charge in [-0.2, -0.15) is 5.26 Å². The Labute approximate surface area is 164 Å². The molecule has 0 aliphatic carbocycles. The summed E-state index contributed by atoms with van der Waals surface area (Å²) in [5.74, 6) is 0.738. The number of carbonyl (C=O) groups is 1. The number of rotatable bonds is 6. The molecule has 28 heavy (non-hydrogen) atoms. The van der Waals surface area contributed by atoms with E-state index >= 15 is 0 Å². The molecular weight excluding hydrogens is 354 g/mol. The minimum Gasteiger partial charge on any atom is -0.490 e. The van der Waals surface area contributed by atoms with E-state index in [9.17, 15) is 4.79 Å². The Morgan fingerprint density at radius 1 is 1.07 bits per heavy atom. The van der Waals surface area contributed by atoms with Crippen LogP contribution in [0.15, 0.2) is 54.6 Å². The molecular formula is C22H23N3O3. The van der Waals surface area contributed by atoms with Crippen molar-refractivity contribution >= 4 is 12.2 Å². The first-order valence-electron chi connectivity index (χ1n) is 9.23. The summed E-state index contributed by atoms with van der Waals surface area (Å²) in [5.41, 5.74) is 2.93. The molecule has 3 rings (SSSR count). The first-order valence-corrected chi connectivity index (χ1v) is 9.23. The summed E-state index contributed by atoms with van der Waals surface area (Å²) in [6.45, 7) is 3.95. The highest BCUT2D eigenvalue weighted by Gasteiger charge is 2.20. The highest BCUT2D eigenvalue weighted by Crippen LogP contribution is 2.13. The van der Waals surface area contributed by atoms with Crippen LogP contribution in [-0.4, -0.2) is 53.8 Å². The van der Waals surface area contributed by atoms with E-state index in [0.29, 0.717) is 25.3 Å². The van der Waals surface area contributed by atoms with Gasteiger partial charge >= 0.3 is 6.09 Å². The fraction of sp³-hybridized carbons (Fsp3) is 0.273. The van der Waals surface area contributed by atoms with E-state index in [1.807, 2.05) is 12.2 Å². The molecule has 0 saturated carbocycles. The zero-order valence-electron chi connectivity index (χ0n) is 15.6. The third-order valence-electron chi connectivity index (χ3n) is 4.67. The normalized spacial score (nSPS) is 14.8. The van der Waals surface area contributed by atoms with E-state index in [0.717, 1.165) is 30.9 Å². The number of nitrogens with zero attached hydrogens (tertiary/aromatic N) is 3. The zero-order chi connectivity index (χ0) is 19.8. The molecule has 1 N–H and O–H groups in total. The van der Waals surface area contributed by atoms with Crippen LogP contribution < -0.4 is 4.74 Å². The quantitative estimate of drug-likeness (QED) is 0.834. The van der Waals surface area contributed by atoms with Crippen molar-refractivity contribution in [3.05, 3.63) is 71.3 Å². The van der Waals surface area contributed by atoms with Crippen LogP contribution >= 0.6 is 0 Å². The number of piperazine rings is 1. The SMILES string of the molecule is N#Cc1ccc(OC/C=C/c2ccc(CN3CCN(C(=O)O)CC3)cc2)cc1. The van der Waals surface area contributed by atoms with Gasteiger partial charge in [0.05, 0.1) is 11.6 Å². The topological polar surface area (TPSA) is 76.8 Å². The molecule has 6 nitrogen and oxygen atoms in total. The number of carboxylic acid groups (broad SMARTS) is 1. The van der Waals surface area contributed by atoms with Gasteiger partial charge in [-0.1, -0.05) is 30.3 Å². The van der Waals surface area contributed by atoms with Crippen molar-refractivity contribution in [3.8, 4) is 11.8 Å². The molecule has 6 heteroatoms. The van der Waals surface area contributed by atoms with Crippen molar-refractivity contribution in [2.45, 2.75) is 6.54 Å². The zero-order valence-corrected chi connectivity index (χ0v) is 15.6. The van der Waals surface area contributed by atoms with Gasteiger partial charge < -0.3 is 14.7 Å². The van der Waals surface area contributed by atoms with Gasteiger partial charge in [0.2, 0.25) is 0 Å². The van der Waals surface area contributed by atoms with E-state index in [1.165, 1.54) is 10.5 Å². The van der Waals surface area contributed by atoms with Crippen molar-refractivity contribution in [1.29, 1.82) is 5.26 Å². The summed E-state index contributed by atoms with van der Waals surface area (Å²) < 4.78 is 5.63. The number of hydrogen-bond donors (Lipinski definition) is 1. The summed E-state index contributed by atoms with van der Waals surface area (Å²) in [6.07, 6.45) is 3.14. The van der Waals surface area contributed by atoms with Crippen LogP contribution in [0.1, 0.15) is 16.7 Å². The lowest BCUT2D eigenvalue weighted by Crippen LogP contribution is -2.47. The van der Waals surface area contributed by atoms with Crippen LogP contribution in [0.25, 0.3) is 6.08 Å². The molecule has 0 atom stereocenters. The molecule has 0 bridgehead atoms. The van der Waals surface area contributed by atoms with Crippen LogP contribution in [0, 0.1) is 11.3 Å².